The van der Waals surface area contributed by atoms with Crippen LogP contribution in [0.2, 0.25) is 12.1 Å². The van der Waals surface area contributed by atoms with Crippen molar-refractivity contribution in [3.8, 4) is 0 Å². The molecule has 0 aromatic heterocycles. The Morgan fingerprint density at radius 2 is 0.931 bits per heavy atom. The molecule has 0 aliphatic heterocycles. The van der Waals surface area contributed by atoms with Gasteiger partial charge in [-0.05, 0) is 53.6 Å². The molecule has 0 spiro atoms. The normalized spacial score (nSPS) is 12.6. The van der Waals surface area contributed by atoms with E-state index < -0.39 is 17.6 Å². The Hall–Kier alpha value is 0.0738. The van der Waals surface area contributed by atoms with E-state index in [1.165, 1.54) is 0 Å². The minimum atomic E-state index is -2.94. The maximum Gasteiger partial charge on any atom is 0.493 e. The van der Waals surface area contributed by atoms with E-state index in [0.29, 0.717) is 51.6 Å². The molecule has 0 radical (unpaired) electrons. The van der Waals surface area contributed by atoms with Gasteiger partial charge < -0.3 is 43.9 Å². The predicted octanol–water partition coefficient (Wildman–Crippen LogP) is 0.904. The van der Waals surface area contributed by atoms with Crippen molar-refractivity contribution in [2.45, 2.75) is 52.6 Å². The van der Waals surface area contributed by atoms with Crippen molar-refractivity contribution in [1.29, 1.82) is 0 Å². The standard InChI is InChI=1S/C18H46N4O5Si2/c1-5-23-28(24-6-2,17-9-13-21-15-11-19)27-29(25-7-3,26-8-4)18-10-14-22-16-12-20/h21-22H,5-20H2,1-4H3. The lowest BCUT2D eigenvalue weighted by molar-refractivity contribution is 0.0489. The molecule has 9 nitrogen and oxygen atoms in total. The Bertz CT molecular complexity index is 329. The summed E-state index contributed by atoms with van der Waals surface area (Å²) < 4.78 is 31.3. The second-order valence-corrected chi connectivity index (χ2v) is 12.2. The molecule has 0 saturated carbocycles. The summed E-state index contributed by atoms with van der Waals surface area (Å²) in [5.41, 5.74) is 11.1. The maximum atomic E-state index is 6.68. The Labute approximate surface area is 180 Å². The number of nitrogens with two attached hydrogens (primary N) is 2. The van der Waals surface area contributed by atoms with E-state index in [1.54, 1.807) is 0 Å². The fourth-order valence-corrected chi connectivity index (χ4v) is 10.4. The highest BCUT2D eigenvalue weighted by atomic mass is 28.5. The Balaban J connectivity index is 5.28. The Kier molecular flexibility index (Phi) is 18.9. The first-order valence-corrected chi connectivity index (χ1v) is 15.0. The number of hydrogen-bond acceptors (Lipinski definition) is 9. The van der Waals surface area contributed by atoms with Crippen LogP contribution in [0.4, 0.5) is 0 Å². The molecule has 0 amide bonds. The van der Waals surface area contributed by atoms with E-state index in [9.17, 15) is 0 Å². The summed E-state index contributed by atoms with van der Waals surface area (Å²) in [6, 6.07) is 1.43. The van der Waals surface area contributed by atoms with Crippen molar-refractivity contribution in [2.24, 2.45) is 11.5 Å². The van der Waals surface area contributed by atoms with E-state index in [1.807, 2.05) is 27.7 Å². The highest BCUT2D eigenvalue weighted by Gasteiger charge is 2.52. The Morgan fingerprint density at radius 3 is 1.21 bits per heavy atom. The van der Waals surface area contributed by atoms with Crippen molar-refractivity contribution >= 4 is 17.6 Å². The second kappa shape index (κ2) is 18.8. The zero-order chi connectivity index (χ0) is 21.8. The molecule has 0 saturated heterocycles. The quantitative estimate of drug-likeness (QED) is 0.140. The van der Waals surface area contributed by atoms with Crippen molar-refractivity contribution in [2.75, 3.05) is 65.7 Å². The van der Waals surface area contributed by atoms with Gasteiger partial charge in [0.05, 0.1) is 0 Å². The molecule has 0 unspecified atom stereocenters. The van der Waals surface area contributed by atoms with Gasteiger partial charge in [0, 0.05) is 64.7 Å². The fraction of sp³-hybridized carbons (Fsp3) is 1.00. The van der Waals surface area contributed by atoms with Crippen LogP contribution < -0.4 is 22.1 Å². The van der Waals surface area contributed by atoms with Crippen molar-refractivity contribution in [1.82, 2.24) is 10.6 Å². The molecule has 0 aliphatic carbocycles. The lowest BCUT2D eigenvalue weighted by Gasteiger charge is -2.38. The summed E-state index contributed by atoms with van der Waals surface area (Å²) in [4.78, 5) is 0. The molecule has 0 heterocycles. The van der Waals surface area contributed by atoms with Gasteiger partial charge in [0.1, 0.15) is 0 Å². The van der Waals surface area contributed by atoms with Crippen LogP contribution in [-0.4, -0.2) is 83.3 Å². The molecule has 0 fully saturated rings. The lowest BCUT2D eigenvalue weighted by atomic mass is 10.5. The topological polar surface area (TPSA) is 122 Å². The van der Waals surface area contributed by atoms with Crippen LogP contribution in [0.1, 0.15) is 40.5 Å². The van der Waals surface area contributed by atoms with Gasteiger partial charge in [0.2, 0.25) is 0 Å². The van der Waals surface area contributed by atoms with Crippen LogP contribution in [0.3, 0.4) is 0 Å². The van der Waals surface area contributed by atoms with Crippen LogP contribution in [0.15, 0.2) is 0 Å². The van der Waals surface area contributed by atoms with E-state index in [4.69, 9.17) is 33.3 Å². The molecule has 6 N–H and O–H groups in total. The number of rotatable bonds is 22. The minimum absolute atomic E-state index is 0.531. The molecular formula is C18H46N4O5Si2. The molecular weight excluding hydrogens is 408 g/mol. The van der Waals surface area contributed by atoms with Crippen LogP contribution in [0.5, 0.6) is 0 Å². The summed E-state index contributed by atoms with van der Waals surface area (Å²) in [6.07, 6.45) is 1.76. The minimum Gasteiger partial charge on any atom is -0.374 e. The van der Waals surface area contributed by atoms with Gasteiger partial charge in [0.15, 0.2) is 0 Å². The van der Waals surface area contributed by atoms with Crippen LogP contribution in [0, 0.1) is 0 Å². The van der Waals surface area contributed by atoms with E-state index in [0.717, 1.165) is 39.0 Å². The van der Waals surface area contributed by atoms with Gasteiger partial charge in [-0.25, -0.2) is 0 Å². The molecule has 0 rings (SSSR count). The molecule has 0 aromatic rings. The summed E-state index contributed by atoms with van der Waals surface area (Å²) >= 11 is 0. The van der Waals surface area contributed by atoms with Crippen molar-refractivity contribution in [3.63, 3.8) is 0 Å². The van der Waals surface area contributed by atoms with Crippen molar-refractivity contribution < 1.29 is 21.8 Å². The van der Waals surface area contributed by atoms with Crippen LogP contribution >= 0.6 is 0 Å². The van der Waals surface area contributed by atoms with Gasteiger partial charge in [-0.1, -0.05) is 0 Å². The first-order valence-electron chi connectivity index (χ1n) is 11.1. The van der Waals surface area contributed by atoms with Gasteiger partial charge in [0.25, 0.3) is 0 Å². The zero-order valence-electron chi connectivity index (χ0n) is 19.1. The molecule has 11 heteroatoms. The molecule has 176 valence electrons. The smallest absolute Gasteiger partial charge is 0.374 e. The maximum absolute atomic E-state index is 6.68. The predicted molar refractivity (Wildman–Crippen MR) is 122 cm³/mol. The monoisotopic (exact) mass is 454 g/mol. The van der Waals surface area contributed by atoms with Crippen LogP contribution in [0.25, 0.3) is 0 Å². The highest BCUT2D eigenvalue weighted by Crippen LogP contribution is 2.28. The SMILES string of the molecule is CCO[Si](CCCNCCN)(OCC)O[Si](CCCNCCN)(OCC)OCC. The molecule has 0 aliphatic rings. The third kappa shape index (κ3) is 13.2. The second-order valence-electron chi connectivity index (χ2n) is 6.48. The first-order chi connectivity index (χ1) is 14.1. The summed E-state index contributed by atoms with van der Waals surface area (Å²) in [7, 11) is -5.88. The van der Waals surface area contributed by atoms with Crippen molar-refractivity contribution in [3.05, 3.63) is 0 Å². The van der Waals surface area contributed by atoms with Crippen LogP contribution in [-0.2, 0) is 21.8 Å². The average Bonchev–Trinajstić information content (AvgIpc) is 2.68. The average molecular weight is 455 g/mol. The number of nitrogens with one attached hydrogen (secondary N) is 2. The van der Waals surface area contributed by atoms with Gasteiger partial charge in [-0.2, -0.15) is 0 Å². The van der Waals surface area contributed by atoms with Gasteiger partial charge >= 0.3 is 17.6 Å². The molecule has 0 aromatic carbocycles. The van der Waals surface area contributed by atoms with E-state index >= 15 is 0 Å². The highest BCUT2D eigenvalue weighted by molar-refractivity contribution is 6.75. The first kappa shape index (κ1) is 29.1. The lowest BCUT2D eigenvalue weighted by Crippen LogP contribution is -2.59. The largest absolute Gasteiger partial charge is 0.493 e. The van der Waals surface area contributed by atoms with Gasteiger partial charge in [-0.15, -0.1) is 0 Å². The number of hydrogen-bond donors (Lipinski definition) is 4. The fourth-order valence-electron chi connectivity index (χ4n) is 3.02. The summed E-state index contributed by atoms with van der Waals surface area (Å²) in [5.74, 6) is 0. The third-order valence-electron chi connectivity index (χ3n) is 4.08. The third-order valence-corrected chi connectivity index (χ3v) is 11.4. The molecule has 0 bridgehead atoms. The van der Waals surface area contributed by atoms with Gasteiger partial charge in [-0.3, -0.25) is 0 Å². The van der Waals surface area contributed by atoms with E-state index in [2.05, 4.69) is 10.6 Å². The Morgan fingerprint density at radius 1 is 0.586 bits per heavy atom. The molecule has 29 heavy (non-hydrogen) atoms. The summed E-state index contributed by atoms with van der Waals surface area (Å²) in [5, 5.41) is 6.64. The summed E-state index contributed by atoms with van der Waals surface area (Å²) in [6.45, 7) is 14.5. The molecule has 0 atom stereocenters. The van der Waals surface area contributed by atoms with E-state index in [-0.39, 0.29) is 0 Å². The zero-order valence-corrected chi connectivity index (χ0v) is 21.1.